The van der Waals surface area contributed by atoms with Gasteiger partial charge in [-0.05, 0) is 41.5 Å². The van der Waals surface area contributed by atoms with Gasteiger partial charge in [-0.2, -0.15) is 0 Å². The van der Waals surface area contributed by atoms with Crippen LogP contribution < -0.4 is 16.4 Å². The van der Waals surface area contributed by atoms with E-state index in [0.717, 1.165) is 0 Å². The van der Waals surface area contributed by atoms with Gasteiger partial charge in [-0.15, -0.1) is 0 Å². The van der Waals surface area contributed by atoms with Crippen molar-refractivity contribution < 1.29 is 14.2 Å². The molecule has 1 aromatic heterocycles. The maximum atomic E-state index is 11.8. The van der Waals surface area contributed by atoms with E-state index in [-0.39, 0.29) is 17.4 Å². The molecule has 0 aliphatic heterocycles. The van der Waals surface area contributed by atoms with Crippen LogP contribution in [0, 0.1) is 0 Å². The molecule has 0 bridgehead atoms. The molecule has 0 atom stereocenters. The number of amides is 2. The largest absolute Gasteiger partial charge is 0.379 e. The van der Waals surface area contributed by atoms with E-state index in [2.05, 4.69) is 25.6 Å². The molecule has 20 heavy (non-hydrogen) atoms. The Bertz CT molecular complexity index is 620. The first kappa shape index (κ1) is 13.5. The van der Waals surface area contributed by atoms with Crippen LogP contribution in [-0.4, -0.2) is 28.7 Å². The third kappa shape index (κ3) is 2.91. The number of nitrogen functional groups attached to an aromatic ring is 1. The molecule has 4 N–H and O–H groups in total. The molecule has 0 spiro atoms. The molecule has 0 radical (unpaired) electrons. The first-order valence-electron chi connectivity index (χ1n) is 5.89. The average Bonchev–Trinajstić information content (AvgIpc) is 2.86. The zero-order valence-electron chi connectivity index (χ0n) is 10.7. The highest BCUT2D eigenvalue weighted by molar-refractivity contribution is 6.05. The van der Waals surface area contributed by atoms with E-state index < -0.39 is 5.91 Å². The molecule has 104 valence electrons. The monoisotopic (exact) mass is 275 g/mol. The average molecular weight is 275 g/mol. The van der Waals surface area contributed by atoms with E-state index in [1.54, 1.807) is 24.3 Å². The number of nitrogens with one attached hydrogen (secondary N) is 2. The van der Waals surface area contributed by atoms with Gasteiger partial charge in [-0.3, -0.25) is 9.59 Å². The summed E-state index contributed by atoms with van der Waals surface area (Å²) < 4.78 is 4.34. The topological polar surface area (TPSA) is 123 Å². The molecule has 0 aliphatic carbocycles. The second-order valence-corrected chi connectivity index (χ2v) is 3.89. The summed E-state index contributed by atoms with van der Waals surface area (Å²) in [4.78, 5) is 23.3. The summed E-state index contributed by atoms with van der Waals surface area (Å²) >= 11 is 0. The maximum Gasteiger partial charge on any atom is 0.281 e. The second kappa shape index (κ2) is 5.83. The van der Waals surface area contributed by atoms with E-state index in [1.165, 1.54) is 0 Å². The lowest BCUT2D eigenvalue weighted by Crippen LogP contribution is -2.22. The molecule has 8 heteroatoms. The SMILES string of the molecule is CCNC(=O)c1ccc(NC(=O)c2nonc2N)cc1. The van der Waals surface area contributed by atoms with Crippen LogP contribution in [0.1, 0.15) is 27.8 Å². The number of carbonyl (C=O) groups excluding carboxylic acids is 2. The quantitative estimate of drug-likeness (QED) is 0.752. The van der Waals surface area contributed by atoms with Crippen molar-refractivity contribution in [2.24, 2.45) is 0 Å². The van der Waals surface area contributed by atoms with Crippen molar-refractivity contribution in [1.82, 2.24) is 15.6 Å². The predicted molar refractivity (Wildman–Crippen MR) is 71.1 cm³/mol. The van der Waals surface area contributed by atoms with Crippen molar-refractivity contribution in [2.45, 2.75) is 6.92 Å². The zero-order chi connectivity index (χ0) is 14.5. The Morgan fingerprint density at radius 1 is 1.20 bits per heavy atom. The van der Waals surface area contributed by atoms with E-state index >= 15 is 0 Å². The van der Waals surface area contributed by atoms with Crippen molar-refractivity contribution in [1.29, 1.82) is 0 Å². The van der Waals surface area contributed by atoms with Crippen molar-refractivity contribution in [3.05, 3.63) is 35.5 Å². The molecule has 1 heterocycles. The molecule has 8 nitrogen and oxygen atoms in total. The van der Waals surface area contributed by atoms with Gasteiger partial charge < -0.3 is 16.4 Å². The summed E-state index contributed by atoms with van der Waals surface area (Å²) in [6.07, 6.45) is 0. The van der Waals surface area contributed by atoms with Crippen LogP contribution in [-0.2, 0) is 0 Å². The van der Waals surface area contributed by atoms with Gasteiger partial charge in [0.25, 0.3) is 11.8 Å². The van der Waals surface area contributed by atoms with Gasteiger partial charge >= 0.3 is 0 Å². The second-order valence-electron chi connectivity index (χ2n) is 3.89. The van der Waals surface area contributed by atoms with Crippen LogP contribution in [0.4, 0.5) is 11.5 Å². The van der Waals surface area contributed by atoms with Gasteiger partial charge in [0.05, 0.1) is 0 Å². The summed E-state index contributed by atoms with van der Waals surface area (Å²) in [5, 5.41) is 12.0. The van der Waals surface area contributed by atoms with Gasteiger partial charge in [0, 0.05) is 17.8 Å². The highest BCUT2D eigenvalue weighted by atomic mass is 16.6. The van der Waals surface area contributed by atoms with Crippen LogP contribution >= 0.6 is 0 Å². The highest BCUT2D eigenvalue weighted by Crippen LogP contribution is 2.12. The molecule has 0 aliphatic rings. The normalized spacial score (nSPS) is 10.1. The van der Waals surface area contributed by atoms with E-state index in [0.29, 0.717) is 17.8 Å². The molecule has 2 rings (SSSR count). The molecule has 2 amide bonds. The fourth-order valence-electron chi connectivity index (χ4n) is 1.51. The third-order valence-corrected chi connectivity index (χ3v) is 2.47. The zero-order valence-corrected chi connectivity index (χ0v) is 10.7. The predicted octanol–water partition coefficient (Wildman–Crippen LogP) is 0.654. The summed E-state index contributed by atoms with van der Waals surface area (Å²) in [6.45, 7) is 2.39. The van der Waals surface area contributed by atoms with Crippen molar-refractivity contribution in [3.63, 3.8) is 0 Å². The van der Waals surface area contributed by atoms with Crippen LogP contribution in [0.15, 0.2) is 28.9 Å². The summed E-state index contributed by atoms with van der Waals surface area (Å²) in [7, 11) is 0. The number of hydrogen-bond acceptors (Lipinski definition) is 6. The van der Waals surface area contributed by atoms with Crippen molar-refractivity contribution in [3.8, 4) is 0 Å². The number of rotatable bonds is 4. The molecule has 0 unspecified atom stereocenters. The maximum absolute atomic E-state index is 11.8. The molecule has 1 aromatic carbocycles. The van der Waals surface area contributed by atoms with Gasteiger partial charge in [-0.25, -0.2) is 4.63 Å². The summed E-state index contributed by atoms with van der Waals surface area (Å²) in [5.74, 6) is -0.786. The third-order valence-electron chi connectivity index (χ3n) is 2.47. The number of nitrogens with two attached hydrogens (primary N) is 1. The van der Waals surface area contributed by atoms with Crippen molar-refractivity contribution in [2.75, 3.05) is 17.6 Å². The number of aromatic nitrogens is 2. The molecule has 2 aromatic rings. The number of nitrogens with zero attached hydrogens (tertiary/aromatic N) is 2. The minimum atomic E-state index is -0.533. The Morgan fingerprint density at radius 2 is 1.90 bits per heavy atom. The van der Waals surface area contributed by atoms with Crippen LogP contribution in [0.5, 0.6) is 0 Å². The van der Waals surface area contributed by atoms with Gasteiger partial charge in [0.2, 0.25) is 11.5 Å². The first-order valence-corrected chi connectivity index (χ1v) is 5.89. The van der Waals surface area contributed by atoms with Gasteiger partial charge in [-0.1, -0.05) is 0 Å². The lowest BCUT2D eigenvalue weighted by atomic mass is 10.2. The van der Waals surface area contributed by atoms with Crippen LogP contribution in [0.2, 0.25) is 0 Å². The number of anilines is 2. The standard InChI is InChI=1S/C12H13N5O3/c1-2-14-11(18)7-3-5-8(6-4-7)15-12(19)9-10(13)17-20-16-9/h3-6H,2H2,1H3,(H2,13,17)(H,14,18)(H,15,19). The summed E-state index contributed by atoms with van der Waals surface area (Å²) in [5.41, 5.74) is 6.34. The fourth-order valence-corrected chi connectivity index (χ4v) is 1.51. The Hall–Kier alpha value is -2.90. The Labute approximate surface area is 114 Å². The van der Waals surface area contributed by atoms with E-state index in [9.17, 15) is 9.59 Å². The molecule has 0 saturated carbocycles. The van der Waals surface area contributed by atoms with Gasteiger partial charge in [0.15, 0.2) is 0 Å². The van der Waals surface area contributed by atoms with Crippen LogP contribution in [0.25, 0.3) is 0 Å². The Morgan fingerprint density at radius 3 is 2.45 bits per heavy atom. The molecular weight excluding hydrogens is 262 g/mol. The Kier molecular flexibility index (Phi) is 3.94. The molecule has 0 fully saturated rings. The first-order chi connectivity index (χ1) is 9.61. The van der Waals surface area contributed by atoms with Crippen molar-refractivity contribution >= 4 is 23.3 Å². The molecule has 0 saturated heterocycles. The highest BCUT2D eigenvalue weighted by Gasteiger charge is 2.16. The van der Waals surface area contributed by atoms with Gasteiger partial charge in [0.1, 0.15) is 0 Å². The van der Waals surface area contributed by atoms with Crippen LogP contribution in [0.3, 0.4) is 0 Å². The number of benzene rings is 1. The minimum Gasteiger partial charge on any atom is -0.379 e. The van der Waals surface area contributed by atoms with E-state index in [4.69, 9.17) is 5.73 Å². The summed E-state index contributed by atoms with van der Waals surface area (Å²) in [6, 6.07) is 6.41. The lowest BCUT2D eigenvalue weighted by Gasteiger charge is -2.05. The molecular formula is C12H13N5O3. The lowest BCUT2D eigenvalue weighted by molar-refractivity contribution is 0.0955. The number of carbonyl (C=O) groups is 2. The Balaban J connectivity index is 2.06. The van der Waals surface area contributed by atoms with E-state index in [1.807, 2.05) is 6.92 Å². The smallest absolute Gasteiger partial charge is 0.281 e. The number of hydrogen-bond donors (Lipinski definition) is 3. The fraction of sp³-hybridized carbons (Fsp3) is 0.167. The minimum absolute atomic E-state index is 0.0820.